The van der Waals surface area contributed by atoms with Crippen molar-refractivity contribution < 1.29 is 8.42 Å². The van der Waals surface area contributed by atoms with E-state index in [-0.39, 0.29) is 5.75 Å². The molecule has 0 aromatic rings. The minimum absolute atomic E-state index is 0.185. The quantitative estimate of drug-likeness (QED) is 0.482. The topological polar surface area (TPSA) is 34.1 Å². The highest BCUT2D eigenvalue weighted by atomic mass is 35.5. The normalized spacial score (nSPS) is 25.8. The van der Waals surface area contributed by atoms with Crippen LogP contribution in [0.25, 0.3) is 0 Å². The molecule has 0 bridgehead atoms. The third-order valence-corrected chi connectivity index (χ3v) is 4.25. The molecule has 1 rings (SSSR count). The predicted octanol–water partition coefficient (Wildman–Crippen LogP) is 1.94. The van der Waals surface area contributed by atoms with Crippen LogP contribution in [0.5, 0.6) is 0 Å². The van der Waals surface area contributed by atoms with Crippen molar-refractivity contribution in [1.82, 2.24) is 0 Å². The Hall–Kier alpha value is -0.640. The number of alkyl halides is 1. The molecule has 0 amide bonds. The van der Waals surface area contributed by atoms with Crippen molar-refractivity contribution in [2.24, 2.45) is 0 Å². The summed E-state index contributed by atoms with van der Waals surface area (Å²) < 4.78 is 21.9. The smallest absolute Gasteiger partial charge is 0.196 e. The van der Waals surface area contributed by atoms with Crippen molar-refractivity contribution in [3.63, 3.8) is 0 Å². The first kappa shape index (κ1) is 12.4. The molecular weight excluding hydrogens is 232 g/mol. The second-order valence-electron chi connectivity index (χ2n) is 3.36. The molecule has 0 aromatic carbocycles. The van der Waals surface area contributed by atoms with Gasteiger partial charge in [-0.1, -0.05) is 29.9 Å². The lowest BCUT2D eigenvalue weighted by molar-refractivity contribution is 0.600. The van der Waals surface area contributed by atoms with E-state index >= 15 is 0 Å². The number of hydrogen-bond acceptors (Lipinski definition) is 2. The Labute approximate surface area is 96.3 Å². The van der Waals surface area contributed by atoms with E-state index in [0.717, 1.165) is 25.7 Å². The molecule has 0 aromatic heterocycles. The van der Waals surface area contributed by atoms with E-state index in [0.29, 0.717) is 6.42 Å². The van der Waals surface area contributed by atoms with Gasteiger partial charge < -0.3 is 0 Å². The first-order valence-electron chi connectivity index (χ1n) is 4.93. The summed E-state index contributed by atoms with van der Waals surface area (Å²) in [6, 6.07) is 0. The Kier molecular flexibility index (Phi) is 5.02. The monoisotopic (exact) mass is 244 g/mol. The Bertz CT molecular complexity index is 417. The van der Waals surface area contributed by atoms with E-state index < -0.39 is 14.5 Å². The van der Waals surface area contributed by atoms with E-state index in [2.05, 4.69) is 23.7 Å². The fourth-order valence-electron chi connectivity index (χ4n) is 1.16. The van der Waals surface area contributed by atoms with Crippen molar-refractivity contribution in [3.05, 3.63) is 0 Å². The molecule has 1 aliphatic heterocycles. The van der Waals surface area contributed by atoms with Gasteiger partial charge in [-0.2, -0.15) is 0 Å². The number of hydrogen-bond donors (Lipinski definition) is 0. The molecule has 0 radical (unpaired) electrons. The standard InChI is InChI=1S/C11H13ClO2S/c12-11-9-7-5-3-1-2-4-6-8-10-15(11,13)14/h11H,1-5,10H2. The molecule has 1 atom stereocenters. The van der Waals surface area contributed by atoms with Crippen LogP contribution >= 0.6 is 11.6 Å². The summed E-state index contributed by atoms with van der Waals surface area (Å²) in [6.45, 7) is 0. The molecule has 82 valence electrons. The van der Waals surface area contributed by atoms with Crippen LogP contribution in [-0.2, 0) is 9.84 Å². The highest BCUT2D eigenvalue weighted by Gasteiger charge is 2.19. The highest BCUT2D eigenvalue weighted by molar-refractivity contribution is 7.93. The lowest BCUT2D eigenvalue weighted by atomic mass is 10.1. The van der Waals surface area contributed by atoms with Gasteiger partial charge in [-0.05, 0) is 12.8 Å². The Morgan fingerprint density at radius 2 is 1.67 bits per heavy atom. The van der Waals surface area contributed by atoms with Crippen LogP contribution in [0.3, 0.4) is 0 Å². The van der Waals surface area contributed by atoms with Gasteiger partial charge in [0, 0.05) is 12.8 Å². The van der Waals surface area contributed by atoms with Crippen molar-refractivity contribution in [1.29, 1.82) is 0 Å². The van der Waals surface area contributed by atoms with Crippen LogP contribution in [0.4, 0.5) is 0 Å². The fourth-order valence-corrected chi connectivity index (χ4v) is 2.14. The molecule has 15 heavy (non-hydrogen) atoms. The molecule has 2 nitrogen and oxygen atoms in total. The number of rotatable bonds is 0. The zero-order valence-corrected chi connectivity index (χ0v) is 10.00. The molecular formula is C11H13ClO2S. The molecule has 4 heteroatoms. The van der Waals surface area contributed by atoms with Crippen LogP contribution in [0.2, 0.25) is 0 Å². The van der Waals surface area contributed by atoms with Gasteiger partial charge in [0.25, 0.3) is 0 Å². The Balaban J connectivity index is 2.77. The third-order valence-electron chi connectivity index (χ3n) is 2.03. The van der Waals surface area contributed by atoms with Crippen LogP contribution in [0.1, 0.15) is 32.1 Å². The van der Waals surface area contributed by atoms with Gasteiger partial charge in [-0.15, -0.1) is 11.8 Å². The molecule has 1 heterocycles. The van der Waals surface area contributed by atoms with Gasteiger partial charge in [-0.3, -0.25) is 0 Å². The molecule has 0 spiro atoms. The summed E-state index contributed by atoms with van der Waals surface area (Å²) in [5.41, 5.74) is 0. The fraction of sp³-hybridized carbons (Fsp3) is 0.636. The van der Waals surface area contributed by atoms with Gasteiger partial charge in [0.2, 0.25) is 0 Å². The first-order valence-corrected chi connectivity index (χ1v) is 7.08. The molecule has 0 fully saturated rings. The second kappa shape index (κ2) is 6.05. The summed E-state index contributed by atoms with van der Waals surface area (Å²) >= 11 is 5.68. The lowest BCUT2D eigenvalue weighted by Crippen LogP contribution is -2.16. The molecule has 0 saturated carbocycles. The minimum atomic E-state index is -3.37. The summed E-state index contributed by atoms with van der Waals surface area (Å²) in [7, 11) is -3.37. The van der Waals surface area contributed by atoms with E-state index in [1.165, 1.54) is 0 Å². The first-order chi connectivity index (χ1) is 7.13. The van der Waals surface area contributed by atoms with Crippen molar-refractivity contribution in [2.75, 3.05) is 5.75 Å². The van der Waals surface area contributed by atoms with Crippen LogP contribution in [-0.4, -0.2) is 18.9 Å². The molecule has 1 unspecified atom stereocenters. The summed E-state index contributed by atoms with van der Waals surface area (Å²) in [4.78, 5) is 0. The van der Waals surface area contributed by atoms with E-state index in [1.807, 2.05) is 0 Å². The predicted molar refractivity (Wildman–Crippen MR) is 62.1 cm³/mol. The minimum Gasteiger partial charge on any atom is -0.225 e. The molecule has 0 saturated heterocycles. The Morgan fingerprint density at radius 3 is 2.40 bits per heavy atom. The number of sulfone groups is 1. The number of halogens is 1. The summed E-state index contributed by atoms with van der Waals surface area (Å²) in [5, 5.41) is 0. The largest absolute Gasteiger partial charge is 0.225 e. The highest BCUT2D eigenvalue weighted by Crippen LogP contribution is 2.08. The lowest BCUT2D eigenvalue weighted by Gasteiger charge is -2.01. The molecule has 0 N–H and O–H groups in total. The Morgan fingerprint density at radius 1 is 1.00 bits per heavy atom. The van der Waals surface area contributed by atoms with Gasteiger partial charge in [0.15, 0.2) is 14.5 Å². The zero-order valence-electron chi connectivity index (χ0n) is 8.42. The van der Waals surface area contributed by atoms with Gasteiger partial charge in [0.05, 0.1) is 0 Å². The van der Waals surface area contributed by atoms with Gasteiger partial charge >= 0.3 is 0 Å². The SMILES string of the molecule is O=S1(=O)CC#CCCCCCC#CC1Cl. The van der Waals surface area contributed by atoms with E-state index in [9.17, 15) is 8.42 Å². The van der Waals surface area contributed by atoms with Gasteiger partial charge in [-0.25, -0.2) is 8.42 Å². The van der Waals surface area contributed by atoms with Crippen LogP contribution < -0.4 is 0 Å². The van der Waals surface area contributed by atoms with E-state index in [4.69, 9.17) is 11.6 Å². The van der Waals surface area contributed by atoms with E-state index in [1.54, 1.807) is 0 Å². The zero-order chi connectivity index (χ0) is 11.1. The maximum Gasteiger partial charge on any atom is 0.196 e. The van der Waals surface area contributed by atoms with Crippen LogP contribution in [0.15, 0.2) is 0 Å². The van der Waals surface area contributed by atoms with Gasteiger partial charge in [0.1, 0.15) is 5.75 Å². The maximum atomic E-state index is 11.5. The molecule has 1 aliphatic rings. The summed E-state index contributed by atoms with van der Waals surface area (Å²) in [5.74, 6) is 10.6. The molecule has 0 aliphatic carbocycles. The summed E-state index contributed by atoms with van der Waals surface area (Å²) in [6.07, 6.45) is 4.56. The average Bonchev–Trinajstić information content (AvgIpc) is 2.18. The van der Waals surface area contributed by atoms with Crippen molar-refractivity contribution >= 4 is 21.4 Å². The average molecular weight is 245 g/mol. The maximum absolute atomic E-state index is 11.5. The third kappa shape index (κ3) is 4.60. The second-order valence-corrected chi connectivity index (χ2v) is 6.14. The van der Waals surface area contributed by atoms with Crippen molar-refractivity contribution in [2.45, 2.75) is 36.8 Å². The van der Waals surface area contributed by atoms with Crippen LogP contribution in [0, 0.1) is 23.7 Å². The van der Waals surface area contributed by atoms with Crippen molar-refractivity contribution in [3.8, 4) is 23.7 Å².